The van der Waals surface area contributed by atoms with Crippen molar-refractivity contribution in [3.05, 3.63) is 0 Å². The minimum absolute atomic E-state index is 0.667. The highest BCUT2D eigenvalue weighted by Crippen LogP contribution is 2.04. The Morgan fingerprint density at radius 3 is 2.00 bits per heavy atom. The van der Waals surface area contributed by atoms with Gasteiger partial charge < -0.3 is 10.2 Å². The lowest BCUT2D eigenvalue weighted by atomic mass is 10.1. The van der Waals surface area contributed by atoms with E-state index in [0.29, 0.717) is 12.1 Å². The predicted octanol–water partition coefficient (Wildman–Crippen LogP) is 3.28. The van der Waals surface area contributed by atoms with E-state index in [1.807, 2.05) is 0 Å². The minimum Gasteiger partial charge on any atom is -0.312 e. The standard InChI is InChI=1S/C14H32N2/c1-6-14(7-2)15-13(5)11-10-12-16(8-3)9-4/h13-15H,6-12H2,1-5H3. The van der Waals surface area contributed by atoms with Crippen LogP contribution in [-0.2, 0) is 0 Å². The van der Waals surface area contributed by atoms with Crippen LogP contribution in [0.4, 0.5) is 0 Å². The maximum atomic E-state index is 3.71. The summed E-state index contributed by atoms with van der Waals surface area (Å²) < 4.78 is 0. The molecule has 16 heavy (non-hydrogen) atoms. The van der Waals surface area contributed by atoms with E-state index in [0.717, 1.165) is 0 Å². The lowest BCUT2D eigenvalue weighted by molar-refractivity contribution is 0.287. The Hall–Kier alpha value is -0.0800. The normalized spacial score (nSPS) is 13.7. The molecule has 0 saturated heterocycles. The van der Waals surface area contributed by atoms with Crippen molar-refractivity contribution in [2.75, 3.05) is 19.6 Å². The minimum atomic E-state index is 0.667. The number of nitrogens with zero attached hydrogens (tertiary/aromatic N) is 1. The van der Waals surface area contributed by atoms with Crippen molar-refractivity contribution in [1.29, 1.82) is 0 Å². The van der Waals surface area contributed by atoms with Crippen LogP contribution >= 0.6 is 0 Å². The van der Waals surface area contributed by atoms with Gasteiger partial charge in [-0.2, -0.15) is 0 Å². The van der Waals surface area contributed by atoms with Gasteiger partial charge in [-0.15, -0.1) is 0 Å². The number of hydrogen-bond donors (Lipinski definition) is 1. The number of hydrogen-bond acceptors (Lipinski definition) is 2. The van der Waals surface area contributed by atoms with Crippen molar-refractivity contribution in [1.82, 2.24) is 10.2 Å². The van der Waals surface area contributed by atoms with E-state index in [9.17, 15) is 0 Å². The molecule has 0 rings (SSSR count). The first-order valence-corrected chi connectivity index (χ1v) is 7.16. The Kier molecular flexibility index (Phi) is 10.0. The Balaban J connectivity index is 3.60. The van der Waals surface area contributed by atoms with Crippen LogP contribution in [0.2, 0.25) is 0 Å². The molecule has 0 amide bonds. The highest BCUT2D eigenvalue weighted by atomic mass is 15.1. The molecule has 0 heterocycles. The zero-order chi connectivity index (χ0) is 12.4. The lowest BCUT2D eigenvalue weighted by Gasteiger charge is -2.23. The molecule has 0 aliphatic rings. The molecule has 1 unspecified atom stereocenters. The first kappa shape index (κ1) is 15.9. The van der Waals surface area contributed by atoms with Crippen LogP contribution in [0.3, 0.4) is 0 Å². The summed E-state index contributed by atoms with van der Waals surface area (Å²) in [6, 6.07) is 1.38. The molecule has 0 bridgehead atoms. The van der Waals surface area contributed by atoms with Gasteiger partial charge in [-0.1, -0.05) is 27.7 Å². The molecular formula is C14H32N2. The van der Waals surface area contributed by atoms with Crippen molar-refractivity contribution in [3.63, 3.8) is 0 Å². The van der Waals surface area contributed by atoms with Gasteiger partial charge in [0.15, 0.2) is 0 Å². The molecule has 0 aliphatic heterocycles. The first-order chi connectivity index (χ1) is 7.67. The van der Waals surface area contributed by atoms with Gasteiger partial charge in [0, 0.05) is 12.1 Å². The average Bonchev–Trinajstić information content (AvgIpc) is 2.31. The Morgan fingerprint density at radius 2 is 1.56 bits per heavy atom. The summed E-state index contributed by atoms with van der Waals surface area (Å²) in [6.45, 7) is 15.0. The molecule has 0 aromatic rings. The first-order valence-electron chi connectivity index (χ1n) is 7.16. The van der Waals surface area contributed by atoms with Gasteiger partial charge in [-0.3, -0.25) is 0 Å². The molecule has 0 radical (unpaired) electrons. The van der Waals surface area contributed by atoms with E-state index in [2.05, 4.69) is 44.8 Å². The molecular weight excluding hydrogens is 196 g/mol. The second kappa shape index (κ2) is 10.1. The van der Waals surface area contributed by atoms with Gasteiger partial charge in [0.2, 0.25) is 0 Å². The molecule has 0 aliphatic carbocycles. The smallest absolute Gasteiger partial charge is 0.00642 e. The summed E-state index contributed by atoms with van der Waals surface area (Å²) in [5.74, 6) is 0. The van der Waals surface area contributed by atoms with Gasteiger partial charge in [-0.05, 0) is 52.2 Å². The van der Waals surface area contributed by atoms with Gasteiger partial charge in [0.05, 0.1) is 0 Å². The van der Waals surface area contributed by atoms with E-state index in [-0.39, 0.29) is 0 Å². The Morgan fingerprint density at radius 1 is 1.00 bits per heavy atom. The zero-order valence-electron chi connectivity index (χ0n) is 12.1. The lowest BCUT2D eigenvalue weighted by Crippen LogP contribution is -2.36. The number of rotatable bonds is 10. The predicted molar refractivity (Wildman–Crippen MR) is 74.0 cm³/mol. The molecule has 2 heteroatoms. The van der Waals surface area contributed by atoms with Crippen LogP contribution in [0.15, 0.2) is 0 Å². The molecule has 0 aromatic heterocycles. The molecule has 0 aromatic carbocycles. The summed E-state index contributed by atoms with van der Waals surface area (Å²) in [6.07, 6.45) is 5.11. The molecule has 1 N–H and O–H groups in total. The molecule has 0 saturated carbocycles. The van der Waals surface area contributed by atoms with Crippen molar-refractivity contribution in [2.45, 2.75) is 72.4 Å². The van der Waals surface area contributed by atoms with Crippen LogP contribution in [0.5, 0.6) is 0 Å². The van der Waals surface area contributed by atoms with Gasteiger partial charge in [-0.25, -0.2) is 0 Å². The Bertz CT molecular complexity index is 140. The summed E-state index contributed by atoms with van der Waals surface area (Å²) in [5, 5.41) is 3.71. The molecule has 0 spiro atoms. The summed E-state index contributed by atoms with van der Waals surface area (Å²) in [7, 11) is 0. The maximum absolute atomic E-state index is 3.71. The quantitative estimate of drug-likeness (QED) is 0.617. The SMILES string of the molecule is CCC(CC)NC(C)CCCN(CC)CC. The van der Waals surface area contributed by atoms with E-state index >= 15 is 0 Å². The van der Waals surface area contributed by atoms with E-state index < -0.39 is 0 Å². The third kappa shape index (κ3) is 7.24. The number of nitrogens with one attached hydrogen (secondary N) is 1. The molecule has 98 valence electrons. The second-order valence-corrected chi connectivity index (χ2v) is 4.75. The molecule has 2 nitrogen and oxygen atoms in total. The largest absolute Gasteiger partial charge is 0.312 e. The molecule has 1 atom stereocenters. The van der Waals surface area contributed by atoms with Gasteiger partial charge >= 0.3 is 0 Å². The highest BCUT2D eigenvalue weighted by molar-refractivity contribution is 4.69. The highest BCUT2D eigenvalue weighted by Gasteiger charge is 2.08. The third-order valence-corrected chi connectivity index (χ3v) is 3.51. The van der Waals surface area contributed by atoms with Crippen molar-refractivity contribution >= 4 is 0 Å². The van der Waals surface area contributed by atoms with E-state index in [1.165, 1.54) is 45.3 Å². The van der Waals surface area contributed by atoms with Gasteiger partial charge in [0.1, 0.15) is 0 Å². The summed E-state index contributed by atoms with van der Waals surface area (Å²) in [5.41, 5.74) is 0. The van der Waals surface area contributed by atoms with Gasteiger partial charge in [0.25, 0.3) is 0 Å². The summed E-state index contributed by atoms with van der Waals surface area (Å²) >= 11 is 0. The summed E-state index contributed by atoms with van der Waals surface area (Å²) in [4.78, 5) is 2.50. The van der Waals surface area contributed by atoms with Crippen LogP contribution in [-0.4, -0.2) is 36.6 Å². The fraction of sp³-hybridized carbons (Fsp3) is 1.00. The average molecular weight is 228 g/mol. The molecule has 0 fully saturated rings. The Labute approximate surface area is 103 Å². The van der Waals surface area contributed by atoms with Crippen molar-refractivity contribution in [3.8, 4) is 0 Å². The van der Waals surface area contributed by atoms with Crippen LogP contribution in [0, 0.1) is 0 Å². The maximum Gasteiger partial charge on any atom is 0.00642 e. The fourth-order valence-electron chi connectivity index (χ4n) is 2.17. The van der Waals surface area contributed by atoms with Crippen LogP contribution in [0.1, 0.15) is 60.3 Å². The van der Waals surface area contributed by atoms with E-state index in [4.69, 9.17) is 0 Å². The topological polar surface area (TPSA) is 15.3 Å². The zero-order valence-corrected chi connectivity index (χ0v) is 12.1. The fourth-order valence-corrected chi connectivity index (χ4v) is 2.17. The van der Waals surface area contributed by atoms with Crippen LogP contribution in [0.25, 0.3) is 0 Å². The van der Waals surface area contributed by atoms with Crippen molar-refractivity contribution < 1.29 is 0 Å². The van der Waals surface area contributed by atoms with Crippen molar-refractivity contribution in [2.24, 2.45) is 0 Å². The van der Waals surface area contributed by atoms with Crippen LogP contribution < -0.4 is 5.32 Å². The second-order valence-electron chi connectivity index (χ2n) is 4.75. The van der Waals surface area contributed by atoms with E-state index in [1.54, 1.807) is 0 Å². The monoisotopic (exact) mass is 228 g/mol. The third-order valence-electron chi connectivity index (χ3n) is 3.51.